The van der Waals surface area contributed by atoms with E-state index in [1.165, 1.54) is 24.3 Å². The van der Waals surface area contributed by atoms with Gasteiger partial charge < -0.3 is 5.32 Å². The maximum Gasteiger partial charge on any atom is 0.248 e. The average Bonchev–Trinajstić information content (AvgIpc) is 3.11. The van der Waals surface area contributed by atoms with Gasteiger partial charge >= 0.3 is 0 Å². The first-order chi connectivity index (χ1) is 13.0. The first kappa shape index (κ1) is 18.5. The van der Waals surface area contributed by atoms with Gasteiger partial charge in [0.25, 0.3) is 0 Å². The van der Waals surface area contributed by atoms with Crippen LogP contribution in [0.2, 0.25) is 0 Å². The van der Waals surface area contributed by atoms with Crippen molar-refractivity contribution in [1.29, 1.82) is 0 Å². The predicted octanol–water partition coefficient (Wildman–Crippen LogP) is 4.79. The minimum atomic E-state index is -0.236. The number of nitrogens with zero attached hydrogens (tertiary/aromatic N) is 2. The summed E-state index contributed by atoms with van der Waals surface area (Å²) in [5.41, 5.74) is 3.25. The normalized spacial score (nSPS) is 10.7. The number of carbonyl (C=O) groups excluding carboxylic acids is 2. The molecular formula is C21H19N3O2S. The van der Waals surface area contributed by atoms with Crippen LogP contribution < -0.4 is 10.2 Å². The number of amides is 2. The third-order valence-corrected chi connectivity index (χ3v) is 4.60. The number of aryl methyl sites for hydroxylation is 1. The third kappa shape index (κ3) is 4.89. The van der Waals surface area contributed by atoms with Gasteiger partial charge in [-0.2, -0.15) is 0 Å². The second-order valence-corrected chi connectivity index (χ2v) is 6.77. The smallest absolute Gasteiger partial charge is 0.248 e. The van der Waals surface area contributed by atoms with Crippen LogP contribution in [0.25, 0.3) is 6.08 Å². The largest absolute Gasteiger partial charge is 0.323 e. The average molecular weight is 377 g/mol. The number of para-hydroxylation sites is 1. The highest BCUT2D eigenvalue weighted by Gasteiger charge is 2.17. The van der Waals surface area contributed by atoms with Crippen molar-refractivity contribution < 1.29 is 9.59 Å². The molecule has 0 bridgehead atoms. The molecule has 3 rings (SSSR count). The molecule has 0 unspecified atom stereocenters. The van der Waals surface area contributed by atoms with Gasteiger partial charge in [0.1, 0.15) is 0 Å². The van der Waals surface area contributed by atoms with E-state index in [0.29, 0.717) is 10.8 Å². The van der Waals surface area contributed by atoms with Crippen LogP contribution >= 0.6 is 11.3 Å². The summed E-state index contributed by atoms with van der Waals surface area (Å²) in [4.78, 5) is 30.1. The fraction of sp³-hybridized carbons (Fsp3) is 0.0952. The molecule has 3 aromatic rings. The molecule has 1 N–H and O–H groups in total. The van der Waals surface area contributed by atoms with E-state index in [1.807, 2.05) is 66.9 Å². The molecule has 27 heavy (non-hydrogen) atoms. The Bertz CT molecular complexity index is 963. The van der Waals surface area contributed by atoms with Gasteiger partial charge in [-0.15, -0.1) is 11.3 Å². The molecule has 0 atom stereocenters. The van der Waals surface area contributed by atoms with Crippen LogP contribution in [0, 0.1) is 6.92 Å². The lowest BCUT2D eigenvalue weighted by Gasteiger charge is -2.17. The highest BCUT2D eigenvalue weighted by molar-refractivity contribution is 7.14. The van der Waals surface area contributed by atoms with Crippen LogP contribution in [0.5, 0.6) is 0 Å². The van der Waals surface area contributed by atoms with Gasteiger partial charge in [-0.1, -0.05) is 35.9 Å². The van der Waals surface area contributed by atoms with Gasteiger partial charge in [0.05, 0.1) is 11.4 Å². The summed E-state index contributed by atoms with van der Waals surface area (Å²) in [6.45, 7) is 3.49. The highest BCUT2D eigenvalue weighted by Crippen LogP contribution is 2.29. The van der Waals surface area contributed by atoms with Gasteiger partial charge in [-0.05, 0) is 37.3 Å². The number of thiazole rings is 1. The standard InChI is InChI=1S/C21H19N3O2S/c1-15-8-10-17(11-9-15)22-20(26)13-12-18-14-27-21(23-18)24(16(2)25)19-6-4-3-5-7-19/h3-14H,1-2H3,(H,22,26). The molecular weight excluding hydrogens is 358 g/mol. The quantitative estimate of drug-likeness (QED) is 0.651. The molecule has 0 saturated carbocycles. The van der Waals surface area contributed by atoms with Crippen LogP contribution in [0.4, 0.5) is 16.5 Å². The van der Waals surface area contributed by atoms with Crippen molar-refractivity contribution in [3.63, 3.8) is 0 Å². The van der Waals surface area contributed by atoms with E-state index < -0.39 is 0 Å². The number of hydrogen-bond acceptors (Lipinski definition) is 4. The number of anilines is 3. The Morgan fingerprint density at radius 2 is 1.78 bits per heavy atom. The number of carbonyl (C=O) groups is 2. The summed E-state index contributed by atoms with van der Waals surface area (Å²) in [6, 6.07) is 16.9. The molecule has 5 nitrogen and oxygen atoms in total. The minimum absolute atomic E-state index is 0.122. The molecule has 0 saturated heterocycles. The van der Waals surface area contributed by atoms with Crippen molar-refractivity contribution in [2.75, 3.05) is 10.2 Å². The molecule has 1 heterocycles. The second-order valence-electron chi connectivity index (χ2n) is 5.93. The number of rotatable bonds is 5. The summed E-state index contributed by atoms with van der Waals surface area (Å²) in [6.07, 6.45) is 3.06. The molecule has 6 heteroatoms. The molecule has 0 aliphatic carbocycles. The second kappa shape index (κ2) is 8.42. The van der Waals surface area contributed by atoms with Gasteiger partial charge in [-0.3, -0.25) is 14.5 Å². The lowest BCUT2D eigenvalue weighted by atomic mass is 10.2. The molecule has 2 aromatic carbocycles. The van der Waals surface area contributed by atoms with E-state index >= 15 is 0 Å². The van der Waals surface area contributed by atoms with Crippen LogP contribution in [0.15, 0.2) is 66.1 Å². The van der Waals surface area contributed by atoms with Crippen molar-refractivity contribution >= 4 is 45.7 Å². The first-order valence-corrected chi connectivity index (χ1v) is 9.28. The topological polar surface area (TPSA) is 62.3 Å². The first-order valence-electron chi connectivity index (χ1n) is 8.40. The van der Waals surface area contributed by atoms with E-state index in [9.17, 15) is 9.59 Å². The third-order valence-electron chi connectivity index (χ3n) is 3.75. The molecule has 0 aliphatic rings. The Labute approximate surface area is 162 Å². The van der Waals surface area contributed by atoms with Crippen molar-refractivity contribution in [3.05, 3.63) is 77.3 Å². The van der Waals surface area contributed by atoms with E-state index in [1.54, 1.807) is 11.0 Å². The van der Waals surface area contributed by atoms with E-state index in [2.05, 4.69) is 10.3 Å². The lowest BCUT2D eigenvalue weighted by Crippen LogP contribution is -2.22. The minimum Gasteiger partial charge on any atom is -0.323 e. The van der Waals surface area contributed by atoms with Gasteiger partial charge in [0, 0.05) is 24.1 Å². The SMILES string of the molecule is CC(=O)N(c1ccccc1)c1nc(C=CC(=O)Nc2ccc(C)cc2)cs1. The summed E-state index contributed by atoms with van der Waals surface area (Å²) >= 11 is 1.35. The van der Waals surface area contributed by atoms with Gasteiger partial charge in [-0.25, -0.2) is 4.98 Å². The van der Waals surface area contributed by atoms with Crippen LogP contribution in [0.3, 0.4) is 0 Å². The van der Waals surface area contributed by atoms with Crippen molar-refractivity contribution in [1.82, 2.24) is 4.98 Å². The van der Waals surface area contributed by atoms with Gasteiger partial charge in [0.2, 0.25) is 11.8 Å². The summed E-state index contributed by atoms with van der Waals surface area (Å²) < 4.78 is 0. The summed E-state index contributed by atoms with van der Waals surface area (Å²) in [5.74, 6) is -0.358. The summed E-state index contributed by atoms with van der Waals surface area (Å²) in [7, 11) is 0. The fourth-order valence-corrected chi connectivity index (χ4v) is 3.30. The van der Waals surface area contributed by atoms with E-state index in [0.717, 1.165) is 16.9 Å². The maximum atomic E-state index is 12.1. The van der Waals surface area contributed by atoms with Crippen molar-refractivity contribution in [3.8, 4) is 0 Å². The zero-order chi connectivity index (χ0) is 19.2. The summed E-state index contributed by atoms with van der Waals surface area (Å²) in [5, 5.41) is 5.17. The Balaban J connectivity index is 1.71. The Hall–Kier alpha value is -3.25. The number of nitrogens with one attached hydrogen (secondary N) is 1. The molecule has 136 valence electrons. The van der Waals surface area contributed by atoms with Gasteiger partial charge in [0.15, 0.2) is 5.13 Å². The van der Waals surface area contributed by atoms with E-state index in [4.69, 9.17) is 0 Å². The molecule has 2 amide bonds. The molecule has 0 aliphatic heterocycles. The number of benzene rings is 2. The van der Waals surface area contributed by atoms with Crippen molar-refractivity contribution in [2.45, 2.75) is 13.8 Å². The monoisotopic (exact) mass is 377 g/mol. The molecule has 1 aromatic heterocycles. The van der Waals surface area contributed by atoms with Crippen LogP contribution in [0.1, 0.15) is 18.2 Å². The molecule has 0 fully saturated rings. The Kier molecular flexibility index (Phi) is 5.78. The van der Waals surface area contributed by atoms with E-state index in [-0.39, 0.29) is 11.8 Å². The predicted molar refractivity (Wildman–Crippen MR) is 110 cm³/mol. The zero-order valence-electron chi connectivity index (χ0n) is 15.0. The number of hydrogen-bond donors (Lipinski definition) is 1. The fourth-order valence-electron chi connectivity index (χ4n) is 2.44. The van der Waals surface area contributed by atoms with Crippen LogP contribution in [-0.4, -0.2) is 16.8 Å². The van der Waals surface area contributed by atoms with Crippen LogP contribution in [-0.2, 0) is 9.59 Å². The molecule has 0 spiro atoms. The highest BCUT2D eigenvalue weighted by atomic mass is 32.1. The lowest BCUT2D eigenvalue weighted by molar-refractivity contribution is -0.116. The Morgan fingerprint density at radius 3 is 2.44 bits per heavy atom. The molecule has 0 radical (unpaired) electrons. The maximum absolute atomic E-state index is 12.1. The van der Waals surface area contributed by atoms with Crippen molar-refractivity contribution in [2.24, 2.45) is 0 Å². The Morgan fingerprint density at radius 1 is 1.07 bits per heavy atom. The zero-order valence-corrected chi connectivity index (χ0v) is 15.9. The number of aromatic nitrogens is 1.